The molecule has 0 aliphatic carbocycles. The van der Waals surface area contributed by atoms with Crippen LogP contribution in [0.15, 0.2) is 42.7 Å². The number of nitrogens with one attached hydrogen (secondary N) is 3. The zero-order valence-electron chi connectivity index (χ0n) is 12.4. The number of non-ortho nitro benzene ring substituents is 1. The Labute approximate surface area is 137 Å². The fourth-order valence-electron chi connectivity index (χ4n) is 1.76. The predicted molar refractivity (Wildman–Crippen MR) is 87.6 cm³/mol. The first-order valence-corrected chi connectivity index (χ1v) is 8.02. The van der Waals surface area contributed by atoms with Gasteiger partial charge in [-0.05, 0) is 12.1 Å². The van der Waals surface area contributed by atoms with E-state index in [1.54, 1.807) is 6.07 Å². The Morgan fingerprint density at radius 1 is 1.25 bits per heavy atom. The highest BCUT2D eigenvalue weighted by Crippen LogP contribution is 2.27. The smallest absolute Gasteiger partial charge is 0.354 e. The van der Waals surface area contributed by atoms with Crippen LogP contribution in [0, 0.1) is 10.1 Å². The van der Waals surface area contributed by atoms with Crippen LogP contribution in [-0.4, -0.2) is 30.6 Å². The van der Waals surface area contributed by atoms with Gasteiger partial charge in [-0.3, -0.25) is 24.6 Å². The summed E-state index contributed by atoms with van der Waals surface area (Å²) in [4.78, 5) is 25.4. The monoisotopic (exact) mass is 351 g/mol. The van der Waals surface area contributed by atoms with Crippen LogP contribution in [0.3, 0.4) is 0 Å². The van der Waals surface area contributed by atoms with Gasteiger partial charge in [-0.15, -0.1) is 0 Å². The molecule has 1 amide bonds. The maximum absolute atomic E-state index is 11.8. The highest BCUT2D eigenvalue weighted by molar-refractivity contribution is 8.07. The average molecular weight is 351 g/mol. The van der Waals surface area contributed by atoms with E-state index in [4.69, 9.17) is 0 Å². The molecule has 10 nitrogen and oxygen atoms in total. The van der Waals surface area contributed by atoms with E-state index >= 15 is 0 Å². The molecular weight excluding hydrogens is 338 g/mol. The largest absolute Gasteiger partial charge is 0.356 e. The molecule has 0 aliphatic heterocycles. The Bertz CT molecular complexity index is 884. The van der Waals surface area contributed by atoms with E-state index in [0.717, 1.165) is 0 Å². The molecule has 0 unspecified atom stereocenters. The number of anilines is 3. The minimum absolute atomic E-state index is 0.0209. The quantitative estimate of drug-likeness (QED) is 0.550. The number of hydrogen-bond acceptors (Lipinski definition) is 7. The molecular formula is C13H13N5O5S. The Hall–Kier alpha value is -3.21. The van der Waals surface area contributed by atoms with Crippen LogP contribution in [0.25, 0.3) is 0 Å². The summed E-state index contributed by atoms with van der Waals surface area (Å²) in [7, 11) is -3.10. The summed E-state index contributed by atoms with van der Waals surface area (Å²) in [6, 6.07) is 7.13. The second-order valence-corrected chi connectivity index (χ2v) is 6.08. The molecule has 0 spiro atoms. The second kappa shape index (κ2) is 6.91. The number of aromatic nitrogens is 1. The van der Waals surface area contributed by atoms with Crippen LogP contribution in [0.4, 0.5) is 27.5 Å². The first-order valence-electron chi connectivity index (χ1n) is 6.53. The van der Waals surface area contributed by atoms with Gasteiger partial charge >= 0.3 is 15.3 Å². The Morgan fingerprint density at radius 3 is 2.67 bits per heavy atom. The Balaban J connectivity index is 2.31. The number of pyridine rings is 1. The van der Waals surface area contributed by atoms with Crippen LogP contribution in [-0.2, 0) is 10.0 Å². The third kappa shape index (κ3) is 3.95. The normalized spacial score (nSPS) is 10.7. The van der Waals surface area contributed by atoms with E-state index < -0.39 is 20.2 Å². The highest BCUT2D eigenvalue weighted by Gasteiger charge is 2.21. The van der Waals surface area contributed by atoms with E-state index in [0.29, 0.717) is 5.69 Å². The molecule has 11 heteroatoms. The number of nitro groups is 1. The van der Waals surface area contributed by atoms with Crippen molar-refractivity contribution in [2.75, 3.05) is 17.1 Å². The number of sulfonamides is 1. The SMILES string of the molecule is CNC(=O)S(=O)(=O)Nc1cnccc1Nc1cccc([N+](=O)[O-])c1. The zero-order chi connectivity index (χ0) is 17.7. The van der Waals surface area contributed by atoms with Crippen molar-refractivity contribution in [1.29, 1.82) is 0 Å². The van der Waals surface area contributed by atoms with E-state index in [2.05, 4.69) is 15.0 Å². The molecule has 0 atom stereocenters. The van der Waals surface area contributed by atoms with Gasteiger partial charge < -0.3 is 10.6 Å². The molecule has 0 fully saturated rings. The number of nitrogens with zero attached hydrogens (tertiary/aromatic N) is 2. The Kier molecular flexibility index (Phi) is 4.94. The molecule has 0 bridgehead atoms. The van der Waals surface area contributed by atoms with Gasteiger partial charge in [0.2, 0.25) is 0 Å². The van der Waals surface area contributed by atoms with Gasteiger partial charge in [0.05, 0.1) is 22.5 Å². The van der Waals surface area contributed by atoms with Crippen LogP contribution in [0.5, 0.6) is 0 Å². The van der Waals surface area contributed by atoms with Crippen molar-refractivity contribution >= 4 is 38.0 Å². The van der Waals surface area contributed by atoms with Crippen LogP contribution >= 0.6 is 0 Å². The standard InChI is InChI=1S/C13H13N5O5S/c1-14-13(19)24(22,23)17-12-8-15-6-5-11(12)16-9-3-2-4-10(7-9)18(20)21/h2-8,17H,1H3,(H,14,19)(H,15,16). The summed E-state index contributed by atoms with van der Waals surface area (Å²) in [6.07, 6.45) is 2.61. The molecule has 3 N–H and O–H groups in total. The molecule has 1 aromatic carbocycles. The van der Waals surface area contributed by atoms with Gasteiger partial charge in [0.1, 0.15) is 0 Å². The first-order chi connectivity index (χ1) is 11.3. The zero-order valence-corrected chi connectivity index (χ0v) is 13.2. The van der Waals surface area contributed by atoms with Crippen molar-refractivity contribution in [3.8, 4) is 0 Å². The Morgan fingerprint density at radius 2 is 2.00 bits per heavy atom. The molecule has 126 valence electrons. The van der Waals surface area contributed by atoms with Gasteiger partial charge in [0.25, 0.3) is 5.69 Å². The molecule has 0 aliphatic rings. The lowest BCUT2D eigenvalue weighted by Gasteiger charge is -2.13. The summed E-state index contributed by atoms with van der Waals surface area (Å²) < 4.78 is 25.7. The van der Waals surface area contributed by atoms with Gasteiger partial charge in [-0.2, -0.15) is 8.42 Å². The number of hydrogen-bond donors (Lipinski definition) is 3. The lowest BCUT2D eigenvalue weighted by atomic mass is 10.2. The predicted octanol–water partition coefficient (Wildman–Crippen LogP) is 1.81. The van der Waals surface area contributed by atoms with Crippen LogP contribution < -0.4 is 15.4 Å². The highest BCUT2D eigenvalue weighted by atomic mass is 32.2. The molecule has 2 rings (SSSR count). The number of carbonyl (C=O) groups is 1. The molecule has 0 radical (unpaired) electrons. The summed E-state index contributed by atoms with van der Waals surface area (Å²) in [5.74, 6) is 0. The number of nitro benzene ring substituents is 1. The van der Waals surface area contributed by atoms with Gasteiger partial charge in [0.15, 0.2) is 0 Å². The number of carbonyl (C=O) groups excluding carboxylic acids is 1. The fraction of sp³-hybridized carbons (Fsp3) is 0.0769. The molecule has 0 saturated carbocycles. The van der Waals surface area contributed by atoms with Gasteiger partial charge in [-0.25, -0.2) is 0 Å². The van der Waals surface area contributed by atoms with Crippen molar-refractivity contribution in [2.45, 2.75) is 0 Å². The lowest BCUT2D eigenvalue weighted by molar-refractivity contribution is -0.384. The van der Waals surface area contributed by atoms with Crippen molar-refractivity contribution in [3.05, 3.63) is 52.8 Å². The average Bonchev–Trinajstić information content (AvgIpc) is 2.55. The summed E-state index contributed by atoms with van der Waals surface area (Å²) in [6.45, 7) is 0. The van der Waals surface area contributed by atoms with Crippen molar-refractivity contribution in [1.82, 2.24) is 10.3 Å². The van der Waals surface area contributed by atoms with E-state index in [9.17, 15) is 23.3 Å². The maximum Gasteiger partial charge on any atom is 0.356 e. The second-order valence-electron chi connectivity index (χ2n) is 4.50. The van der Waals surface area contributed by atoms with Gasteiger partial charge in [0, 0.05) is 31.1 Å². The third-order valence-corrected chi connectivity index (χ3v) is 4.03. The van der Waals surface area contributed by atoms with E-state index in [-0.39, 0.29) is 17.1 Å². The fourth-order valence-corrected chi connectivity index (χ4v) is 2.58. The molecule has 24 heavy (non-hydrogen) atoms. The lowest BCUT2D eigenvalue weighted by Crippen LogP contribution is -2.31. The summed E-state index contributed by atoms with van der Waals surface area (Å²) >= 11 is 0. The molecule has 0 saturated heterocycles. The van der Waals surface area contributed by atoms with E-state index in [1.165, 1.54) is 43.7 Å². The number of rotatable bonds is 5. The minimum atomic E-state index is -4.29. The minimum Gasteiger partial charge on any atom is -0.354 e. The molecule has 2 aromatic rings. The van der Waals surface area contributed by atoms with Crippen LogP contribution in [0.2, 0.25) is 0 Å². The van der Waals surface area contributed by atoms with E-state index in [1.807, 2.05) is 5.32 Å². The summed E-state index contributed by atoms with van der Waals surface area (Å²) in [5, 5.41) is 14.5. The maximum atomic E-state index is 11.8. The van der Waals surface area contributed by atoms with Crippen molar-refractivity contribution in [3.63, 3.8) is 0 Å². The summed E-state index contributed by atoms with van der Waals surface area (Å²) in [5.41, 5.74) is 0.544. The first kappa shape index (κ1) is 17.1. The molecule has 1 aromatic heterocycles. The van der Waals surface area contributed by atoms with Gasteiger partial charge in [-0.1, -0.05) is 6.07 Å². The topological polar surface area (TPSA) is 143 Å². The number of amides is 1. The van der Waals surface area contributed by atoms with Crippen LogP contribution in [0.1, 0.15) is 0 Å². The number of benzene rings is 1. The third-order valence-electron chi connectivity index (χ3n) is 2.85. The van der Waals surface area contributed by atoms with Crippen molar-refractivity contribution in [2.24, 2.45) is 0 Å². The molecule has 1 heterocycles. The van der Waals surface area contributed by atoms with Crippen molar-refractivity contribution < 1.29 is 18.1 Å².